The van der Waals surface area contributed by atoms with Gasteiger partial charge >= 0.3 is 0 Å². The van der Waals surface area contributed by atoms with Gasteiger partial charge in [-0.3, -0.25) is 0 Å². The van der Waals surface area contributed by atoms with Gasteiger partial charge in [-0.25, -0.2) is 9.97 Å². The van der Waals surface area contributed by atoms with E-state index in [1.54, 1.807) is 14.2 Å². The van der Waals surface area contributed by atoms with E-state index in [-0.39, 0.29) is 0 Å². The van der Waals surface area contributed by atoms with Crippen molar-refractivity contribution >= 4 is 5.95 Å². The molecular weight excluding hydrogens is 268 g/mol. The molecule has 1 N–H and O–H groups in total. The molecule has 1 rings (SSSR count). The summed E-state index contributed by atoms with van der Waals surface area (Å²) in [5.74, 6) is 1.32. The minimum Gasteiger partial charge on any atom is -0.383 e. The summed E-state index contributed by atoms with van der Waals surface area (Å²) in [4.78, 5) is 11.1. The monoisotopic (exact) mass is 296 g/mol. The minimum absolute atomic E-state index is 0.556. The van der Waals surface area contributed by atoms with Crippen molar-refractivity contribution < 1.29 is 9.47 Å². The Bertz CT molecular complexity index is 370. The summed E-state index contributed by atoms with van der Waals surface area (Å²) < 4.78 is 10.1. The van der Waals surface area contributed by atoms with Gasteiger partial charge in [-0.2, -0.15) is 0 Å². The van der Waals surface area contributed by atoms with E-state index in [0.717, 1.165) is 37.7 Å². The van der Waals surface area contributed by atoms with Crippen molar-refractivity contribution in [2.45, 2.75) is 20.4 Å². The largest absolute Gasteiger partial charge is 0.383 e. The number of nitrogens with zero attached hydrogens (tertiary/aromatic N) is 3. The van der Waals surface area contributed by atoms with Gasteiger partial charge in [0.1, 0.15) is 0 Å². The number of ether oxygens (including phenoxy) is 2. The van der Waals surface area contributed by atoms with Crippen molar-refractivity contribution in [3.05, 3.63) is 18.0 Å². The molecule has 0 aliphatic carbocycles. The van der Waals surface area contributed by atoms with Gasteiger partial charge in [-0.1, -0.05) is 13.8 Å². The highest BCUT2D eigenvalue weighted by Crippen LogP contribution is 2.09. The third kappa shape index (κ3) is 7.36. The molecule has 1 aromatic rings. The van der Waals surface area contributed by atoms with E-state index in [0.29, 0.717) is 19.1 Å². The first kappa shape index (κ1) is 17.8. The number of anilines is 1. The van der Waals surface area contributed by atoms with E-state index in [1.165, 1.54) is 0 Å². The van der Waals surface area contributed by atoms with Crippen LogP contribution in [-0.4, -0.2) is 57.0 Å². The van der Waals surface area contributed by atoms with Gasteiger partial charge in [0.25, 0.3) is 0 Å². The first-order chi connectivity index (χ1) is 10.2. The molecule has 0 aliphatic heterocycles. The van der Waals surface area contributed by atoms with E-state index < -0.39 is 0 Å². The Morgan fingerprint density at radius 2 is 1.81 bits per heavy atom. The van der Waals surface area contributed by atoms with Crippen molar-refractivity contribution in [3.63, 3.8) is 0 Å². The Morgan fingerprint density at radius 1 is 1.14 bits per heavy atom. The smallest absolute Gasteiger partial charge is 0.225 e. The summed E-state index contributed by atoms with van der Waals surface area (Å²) >= 11 is 0. The summed E-state index contributed by atoms with van der Waals surface area (Å²) in [5.41, 5.74) is 1.08. The van der Waals surface area contributed by atoms with Crippen LogP contribution >= 0.6 is 0 Å². The molecule has 0 unspecified atom stereocenters. The third-order valence-electron chi connectivity index (χ3n) is 2.94. The van der Waals surface area contributed by atoms with Gasteiger partial charge in [0.2, 0.25) is 5.95 Å². The van der Waals surface area contributed by atoms with Gasteiger partial charge < -0.3 is 19.7 Å². The summed E-state index contributed by atoms with van der Waals surface area (Å²) in [6.07, 6.45) is 3.75. The molecule has 0 atom stereocenters. The van der Waals surface area contributed by atoms with Gasteiger partial charge in [0, 0.05) is 58.4 Å². The van der Waals surface area contributed by atoms with E-state index in [2.05, 4.69) is 34.0 Å². The number of methoxy groups -OCH3 is 2. The average Bonchev–Trinajstić information content (AvgIpc) is 2.48. The topological polar surface area (TPSA) is 59.5 Å². The standard InChI is InChI=1S/C15H28N4O2/c1-13(2)12-19(6-8-21-4)15-17-10-14(11-18-15)9-16-5-7-20-3/h10-11,13,16H,5-9,12H2,1-4H3. The van der Waals surface area contributed by atoms with Crippen LogP contribution < -0.4 is 10.2 Å². The first-order valence-electron chi connectivity index (χ1n) is 7.41. The molecule has 0 aliphatic rings. The number of aromatic nitrogens is 2. The van der Waals surface area contributed by atoms with Crippen molar-refractivity contribution in [2.24, 2.45) is 5.92 Å². The van der Waals surface area contributed by atoms with Crippen LogP contribution in [0.1, 0.15) is 19.4 Å². The molecule has 21 heavy (non-hydrogen) atoms. The molecule has 0 fully saturated rings. The van der Waals surface area contributed by atoms with Gasteiger partial charge in [-0.15, -0.1) is 0 Å². The Kier molecular flexibility index (Phi) is 8.89. The number of rotatable bonds is 11. The quantitative estimate of drug-likeness (QED) is 0.622. The summed E-state index contributed by atoms with van der Waals surface area (Å²) in [5, 5.41) is 3.28. The molecule has 1 aromatic heterocycles. The van der Waals surface area contributed by atoms with Crippen LogP contribution in [0, 0.1) is 5.92 Å². The van der Waals surface area contributed by atoms with Crippen LogP contribution in [0.2, 0.25) is 0 Å². The number of hydrogen-bond acceptors (Lipinski definition) is 6. The van der Waals surface area contributed by atoms with Crippen molar-refractivity contribution in [1.29, 1.82) is 0 Å². The Labute approximate surface area is 127 Å². The minimum atomic E-state index is 0.556. The normalized spacial score (nSPS) is 11.1. The summed E-state index contributed by atoms with van der Waals surface area (Å²) in [6.45, 7) is 9.07. The van der Waals surface area contributed by atoms with Crippen LogP contribution in [-0.2, 0) is 16.0 Å². The van der Waals surface area contributed by atoms with Gasteiger partial charge in [0.15, 0.2) is 0 Å². The zero-order valence-electron chi connectivity index (χ0n) is 13.6. The lowest BCUT2D eigenvalue weighted by Gasteiger charge is -2.24. The second kappa shape index (κ2) is 10.5. The molecule has 0 saturated carbocycles. The fraction of sp³-hybridized carbons (Fsp3) is 0.733. The molecule has 0 aromatic carbocycles. The summed E-state index contributed by atoms with van der Waals surface area (Å²) in [6, 6.07) is 0. The first-order valence-corrected chi connectivity index (χ1v) is 7.41. The molecule has 6 heteroatoms. The molecule has 0 radical (unpaired) electrons. The molecule has 0 saturated heterocycles. The van der Waals surface area contributed by atoms with Gasteiger partial charge in [0.05, 0.1) is 13.2 Å². The van der Waals surface area contributed by atoms with Crippen molar-refractivity contribution in [2.75, 3.05) is 52.0 Å². The zero-order chi connectivity index (χ0) is 15.5. The fourth-order valence-corrected chi connectivity index (χ4v) is 1.92. The van der Waals surface area contributed by atoms with Gasteiger partial charge in [-0.05, 0) is 5.92 Å². The zero-order valence-corrected chi connectivity index (χ0v) is 13.6. The lowest BCUT2D eigenvalue weighted by molar-refractivity contribution is 0.199. The molecule has 0 amide bonds. The second-order valence-electron chi connectivity index (χ2n) is 5.39. The van der Waals surface area contributed by atoms with Crippen LogP contribution in [0.4, 0.5) is 5.95 Å². The average molecular weight is 296 g/mol. The third-order valence-corrected chi connectivity index (χ3v) is 2.94. The molecule has 0 bridgehead atoms. The van der Waals surface area contributed by atoms with E-state index in [4.69, 9.17) is 9.47 Å². The maximum absolute atomic E-state index is 5.16. The Hall–Kier alpha value is -1.24. The van der Waals surface area contributed by atoms with E-state index >= 15 is 0 Å². The Morgan fingerprint density at radius 3 is 2.38 bits per heavy atom. The highest BCUT2D eigenvalue weighted by Gasteiger charge is 2.11. The maximum atomic E-state index is 5.16. The van der Waals surface area contributed by atoms with Crippen LogP contribution in [0.15, 0.2) is 12.4 Å². The molecule has 1 heterocycles. The molecule has 0 spiro atoms. The Balaban J connectivity index is 2.55. The lowest BCUT2D eigenvalue weighted by Crippen LogP contribution is -2.32. The predicted octanol–water partition coefficient (Wildman–Crippen LogP) is 1.32. The SMILES string of the molecule is COCCNCc1cnc(N(CCOC)CC(C)C)nc1. The summed E-state index contributed by atoms with van der Waals surface area (Å²) in [7, 11) is 3.41. The van der Waals surface area contributed by atoms with Crippen LogP contribution in [0.25, 0.3) is 0 Å². The van der Waals surface area contributed by atoms with E-state index in [9.17, 15) is 0 Å². The highest BCUT2D eigenvalue weighted by molar-refractivity contribution is 5.29. The number of hydrogen-bond donors (Lipinski definition) is 1. The molecular formula is C15H28N4O2. The van der Waals surface area contributed by atoms with E-state index in [1.807, 2.05) is 12.4 Å². The van der Waals surface area contributed by atoms with Crippen molar-refractivity contribution in [3.8, 4) is 0 Å². The maximum Gasteiger partial charge on any atom is 0.225 e. The predicted molar refractivity (Wildman–Crippen MR) is 84.5 cm³/mol. The number of nitrogens with one attached hydrogen (secondary N) is 1. The fourth-order valence-electron chi connectivity index (χ4n) is 1.92. The highest BCUT2D eigenvalue weighted by atomic mass is 16.5. The molecule has 6 nitrogen and oxygen atoms in total. The van der Waals surface area contributed by atoms with Crippen LogP contribution in [0.5, 0.6) is 0 Å². The lowest BCUT2D eigenvalue weighted by atomic mass is 10.2. The molecule has 120 valence electrons. The second-order valence-corrected chi connectivity index (χ2v) is 5.39. The van der Waals surface area contributed by atoms with Crippen LogP contribution in [0.3, 0.4) is 0 Å². The van der Waals surface area contributed by atoms with Crippen molar-refractivity contribution in [1.82, 2.24) is 15.3 Å².